The van der Waals surface area contributed by atoms with Crippen LogP contribution in [0.25, 0.3) is 0 Å². The summed E-state index contributed by atoms with van der Waals surface area (Å²) >= 11 is 6.83. The van der Waals surface area contributed by atoms with Crippen molar-refractivity contribution in [3.8, 4) is 0 Å². The lowest BCUT2D eigenvalue weighted by molar-refractivity contribution is 0.0596. The molecule has 0 aromatic carbocycles. The van der Waals surface area contributed by atoms with Crippen LogP contribution in [0.2, 0.25) is 4.47 Å². The van der Waals surface area contributed by atoms with Crippen molar-refractivity contribution >= 4 is 41.5 Å². The predicted molar refractivity (Wildman–Crippen MR) is 46.6 cm³/mol. The standard InChI is InChI=1S/C5H5BClNO2S/c1-10-4(9)2-3(6)11-5(7)8-2/h6H2,1H3. The Morgan fingerprint density at radius 3 is 2.82 bits per heavy atom. The summed E-state index contributed by atoms with van der Waals surface area (Å²) in [7, 11) is 3.09. The van der Waals surface area contributed by atoms with Gasteiger partial charge in [-0.2, -0.15) is 0 Å². The Bertz CT molecular complexity index is 288. The van der Waals surface area contributed by atoms with Gasteiger partial charge in [0.2, 0.25) is 0 Å². The van der Waals surface area contributed by atoms with Crippen molar-refractivity contribution in [3.05, 3.63) is 10.2 Å². The van der Waals surface area contributed by atoms with Crippen molar-refractivity contribution in [2.45, 2.75) is 0 Å². The first-order valence-electron chi connectivity index (χ1n) is 2.86. The molecule has 1 aromatic heterocycles. The largest absolute Gasteiger partial charge is 0.464 e. The quantitative estimate of drug-likeness (QED) is 0.455. The van der Waals surface area contributed by atoms with E-state index in [1.807, 2.05) is 0 Å². The summed E-state index contributed by atoms with van der Waals surface area (Å²) in [6, 6.07) is 0. The third-order valence-electron chi connectivity index (χ3n) is 1.15. The number of hydrogen-bond donors (Lipinski definition) is 0. The summed E-state index contributed by atoms with van der Waals surface area (Å²) in [5.41, 5.74) is 0.308. The normalized spacial score (nSPS) is 9.64. The number of carbonyl (C=O) groups is 1. The summed E-state index contributed by atoms with van der Waals surface area (Å²) in [6.07, 6.45) is 0. The Labute approximate surface area is 73.8 Å². The van der Waals surface area contributed by atoms with Gasteiger partial charge in [-0.1, -0.05) is 11.6 Å². The molecule has 0 aliphatic carbocycles. The van der Waals surface area contributed by atoms with Crippen LogP contribution in [0.5, 0.6) is 0 Å². The van der Waals surface area contributed by atoms with Gasteiger partial charge in [0, 0.05) is 0 Å². The Morgan fingerprint density at radius 1 is 1.82 bits per heavy atom. The van der Waals surface area contributed by atoms with E-state index in [1.54, 1.807) is 7.85 Å². The summed E-state index contributed by atoms with van der Waals surface area (Å²) in [5, 5.41) is 0. The fourth-order valence-electron chi connectivity index (χ4n) is 0.650. The highest BCUT2D eigenvalue weighted by atomic mass is 35.5. The molecule has 0 saturated heterocycles. The first-order valence-corrected chi connectivity index (χ1v) is 4.06. The highest BCUT2D eigenvalue weighted by Crippen LogP contribution is 2.12. The maximum atomic E-state index is 10.9. The van der Waals surface area contributed by atoms with Gasteiger partial charge in [-0.05, 0) is 4.78 Å². The molecule has 0 atom stereocenters. The Kier molecular flexibility index (Phi) is 2.51. The Hall–Kier alpha value is -0.545. The van der Waals surface area contributed by atoms with Gasteiger partial charge in [-0.3, -0.25) is 0 Å². The molecular weight excluding hydrogens is 184 g/mol. The van der Waals surface area contributed by atoms with Gasteiger partial charge in [0.25, 0.3) is 0 Å². The molecule has 0 unspecified atom stereocenters. The van der Waals surface area contributed by atoms with Crippen molar-refractivity contribution in [1.29, 1.82) is 0 Å². The van der Waals surface area contributed by atoms with Crippen molar-refractivity contribution in [1.82, 2.24) is 4.98 Å². The maximum absolute atomic E-state index is 10.9. The van der Waals surface area contributed by atoms with E-state index in [4.69, 9.17) is 11.6 Å². The SMILES string of the molecule is Bc1sc(Cl)nc1C(=O)OC. The summed E-state index contributed by atoms with van der Waals surface area (Å²) in [4.78, 5) is 14.7. The Balaban J connectivity index is 3.03. The number of thiazole rings is 1. The highest BCUT2D eigenvalue weighted by molar-refractivity contribution is 7.23. The molecule has 3 nitrogen and oxygen atoms in total. The number of esters is 1. The minimum Gasteiger partial charge on any atom is -0.464 e. The second kappa shape index (κ2) is 3.23. The second-order valence-corrected chi connectivity index (χ2v) is 3.65. The van der Waals surface area contributed by atoms with Crippen LogP contribution in [0, 0.1) is 0 Å². The number of nitrogens with zero attached hydrogens (tertiary/aromatic N) is 1. The molecule has 0 N–H and O–H groups in total. The monoisotopic (exact) mass is 189 g/mol. The number of methoxy groups -OCH3 is 1. The molecule has 0 fully saturated rings. The van der Waals surface area contributed by atoms with Crippen LogP contribution in [0.1, 0.15) is 10.5 Å². The molecule has 1 rings (SSSR count). The van der Waals surface area contributed by atoms with Crippen LogP contribution < -0.4 is 4.78 Å². The lowest BCUT2D eigenvalue weighted by Crippen LogP contribution is -2.13. The molecule has 0 radical (unpaired) electrons. The first kappa shape index (κ1) is 8.55. The number of rotatable bonds is 1. The lowest BCUT2D eigenvalue weighted by Gasteiger charge is -1.93. The molecule has 0 amide bonds. The van der Waals surface area contributed by atoms with Crippen LogP contribution in [0.4, 0.5) is 0 Å². The van der Waals surface area contributed by atoms with Crippen molar-refractivity contribution in [2.24, 2.45) is 0 Å². The minimum absolute atomic E-state index is 0.308. The highest BCUT2D eigenvalue weighted by Gasteiger charge is 2.13. The van der Waals surface area contributed by atoms with Crippen LogP contribution in [-0.2, 0) is 4.74 Å². The van der Waals surface area contributed by atoms with Crippen molar-refractivity contribution < 1.29 is 9.53 Å². The van der Waals surface area contributed by atoms with E-state index in [9.17, 15) is 4.79 Å². The van der Waals surface area contributed by atoms with E-state index >= 15 is 0 Å². The third kappa shape index (κ3) is 1.72. The zero-order valence-electron chi connectivity index (χ0n) is 6.05. The smallest absolute Gasteiger partial charge is 0.356 e. The average Bonchev–Trinajstić information content (AvgIpc) is 2.28. The maximum Gasteiger partial charge on any atom is 0.356 e. The second-order valence-electron chi connectivity index (χ2n) is 1.86. The molecule has 58 valence electrons. The van der Waals surface area contributed by atoms with Gasteiger partial charge in [-0.15, -0.1) is 11.3 Å². The number of ether oxygens (including phenoxy) is 1. The molecule has 6 heteroatoms. The fourth-order valence-corrected chi connectivity index (χ4v) is 1.70. The van der Waals surface area contributed by atoms with E-state index in [0.717, 1.165) is 4.78 Å². The first-order chi connectivity index (χ1) is 5.15. The molecule has 0 bridgehead atoms. The number of aromatic nitrogens is 1. The zero-order chi connectivity index (χ0) is 8.43. The number of carbonyl (C=O) groups excluding carboxylic acids is 1. The molecule has 11 heavy (non-hydrogen) atoms. The molecule has 1 heterocycles. The van der Waals surface area contributed by atoms with E-state index in [1.165, 1.54) is 18.4 Å². The lowest BCUT2D eigenvalue weighted by atomic mass is 10.1. The molecule has 0 spiro atoms. The van der Waals surface area contributed by atoms with Crippen molar-refractivity contribution in [3.63, 3.8) is 0 Å². The Morgan fingerprint density at radius 2 is 2.45 bits per heavy atom. The fraction of sp³-hybridized carbons (Fsp3) is 0.200. The van der Waals surface area contributed by atoms with E-state index in [2.05, 4.69) is 9.72 Å². The predicted octanol–water partition coefficient (Wildman–Crippen LogP) is -0.159. The average molecular weight is 189 g/mol. The summed E-state index contributed by atoms with van der Waals surface area (Å²) < 4.78 is 5.62. The number of hydrogen-bond acceptors (Lipinski definition) is 4. The van der Waals surface area contributed by atoms with Gasteiger partial charge >= 0.3 is 5.97 Å². The topological polar surface area (TPSA) is 39.2 Å². The van der Waals surface area contributed by atoms with Gasteiger partial charge in [0.1, 0.15) is 0 Å². The van der Waals surface area contributed by atoms with Gasteiger partial charge in [0.05, 0.1) is 7.11 Å². The van der Waals surface area contributed by atoms with E-state index in [-0.39, 0.29) is 0 Å². The van der Waals surface area contributed by atoms with Crippen molar-refractivity contribution in [2.75, 3.05) is 7.11 Å². The van der Waals surface area contributed by atoms with Crippen LogP contribution in [-0.4, -0.2) is 25.9 Å². The van der Waals surface area contributed by atoms with Crippen LogP contribution in [0.3, 0.4) is 0 Å². The molecule has 1 aromatic rings. The third-order valence-corrected chi connectivity index (χ3v) is 2.22. The van der Waals surface area contributed by atoms with E-state index < -0.39 is 5.97 Å². The molecule has 0 saturated carbocycles. The van der Waals surface area contributed by atoms with Gasteiger partial charge in [0.15, 0.2) is 18.0 Å². The minimum atomic E-state index is -0.439. The summed E-state index contributed by atoms with van der Waals surface area (Å²) in [5.74, 6) is -0.439. The zero-order valence-corrected chi connectivity index (χ0v) is 7.62. The van der Waals surface area contributed by atoms with Crippen LogP contribution >= 0.6 is 22.9 Å². The van der Waals surface area contributed by atoms with E-state index in [0.29, 0.717) is 10.2 Å². The molecule has 0 aliphatic rings. The summed E-state index contributed by atoms with van der Waals surface area (Å²) in [6.45, 7) is 0. The van der Waals surface area contributed by atoms with Gasteiger partial charge < -0.3 is 4.74 Å². The van der Waals surface area contributed by atoms with Gasteiger partial charge in [-0.25, -0.2) is 9.78 Å². The van der Waals surface area contributed by atoms with Crippen LogP contribution in [0.15, 0.2) is 0 Å². The molecular formula is C5H5BClNO2S. The number of halogens is 1. The molecule has 0 aliphatic heterocycles.